The molecule has 0 unspecified atom stereocenters. The van der Waals surface area contributed by atoms with E-state index in [1.165, 1.54) is 0 Å². The smallest absolute Gasteiger partial charge is 0.330 e. The van der Waals surface area contributed by atoms with Crippen molar-refractivity contribution >= 4 is 11.7 Å². The second-order valence-corrected chi connectivity index (χ2v) is 4.37. The summed E-state index contributed by atoms with van der Waals surface area (Å²) in [6.07, 6.45) is 0. The Kier molecular flexibility index (Phi) is 4.60. The van der Waals surface area contributed by atoms with Gasteiger partial charge in [0.1, 0.15) is 18.0 Å². The van der Waals surface area contributed by atoms with E-state index in [0.717, 1.165) is 17.0 Å². The Hall–Kier alpha value is -2.49. The summed E-state index contributed by atoms with van der Waals surface area (Å²) in [4.78, 5) is 11.7. The molecule has 0 heterocycles. The molecule has 0 saturated carbocycles. The van der Waals surface area contributed by atoms with E-state index >= 15 is 0 Å². The molecule has 0 radical (unpaired) electrons. The van der Waals surface area contributed by atoms with Crippen LogP contribution in [0.2, 0.25) is 0 Å². The van der Waals surface area contributed by atoms with Crippen molar-refractivity contribution in [3.63, 3.8) is 0 Å². The first-order valence-electron chi connectivity index (χ1n) is 6.32. The fourth-order valence-corrected chi connectivity index (χ4v) is 1.66. The highest BCUT2D eigenvalue weighted by Gasteiger charge is 2.04. The lowest BCUT2D eigenvalue weighted by Crippen LogP contribution is -2.19. The number of rotatable bonds is 5. The number of ether oxygens (including phenoxy) is 2. The van der Waals surface area contributed by atoms with Gasteiger partial charge >= 0.3 is 5.97 Å². The molecule has 2 aromatic rings. The highest BCUT2D eigenvalue weighted by atomic mass is 16.5. The molecular formula is C16H17NO3. The molecule has 0 saturated heterocycles. The number of benzene rings is 2. The molecular weight excluding hydrogens is 254 g/mol. The van der Waals surface area contributed by atoms with E-state index in [1.807, 2.05) is 43.3 Å². The van der Waals surface area contributed by atoms with Gasteiger partial charge in [-0.3, -0.25) is 0 Å². The van der Waals surface area contributed by atoms with Crippen LogP contribution in [0, 0.1) is 6.92 Å². The quantitative estimate of drug-likeness (QED) is 0.671. The minimum absolute atomic E-state index is 0.111. The van der Waals surface area contributed by atoms with Gasteiger partial charge in [0.15, 0.2) is 0 Å². The first-order chi connectivity index (χ1) is 9.67. The lowest BCUT2D eigenvalue weighted by Gasteiger charge is -2.08. The minimum atomic E-state index is -0.329. The maximum absolute atomic E-state index is 11.7. The van der Waals surface area contributed by atoms with Crippen molar-refractivity contribution in [3.05, 3.63) is 54.1 Å². The van der Waals surface area contributed by atoms with Crippen LogP contribution in [0.15, 0.2) is 48.5 Å². The lowest BCUT2D eigenvalue weighted by atomic mass is 10.2. The second kappa shape index (κ2) is 6.61. The van der Waals surface area contributed by atoms with Crippen molar-refractivity contribution in [2.24, 2.45) is 0 Å². The first kappa shape index (κ1) is 13.9. The van der Waals surface area contributed by atoms with Crippen LogP contribution in [0.25, 0.3) is 0 Å². The summed E-state index contributed by atoms with van der Waals surface area (Å²) in [6.45, 7) is 2.09. The largest absolute Gasteiger partial charge is 0.497 e. The normalized spacial score (nSPS) is 9.90. The molecule has 2 aromatic carbocycles. The fraction of sp³-hybridized carbons (Fsp3) is 0.188. The topological polar surface area (TPSA) is 47.6 Å². The lowest BCUT2D eigenvalue weighted by molar-refractivity contribution is -0.132. The number of carbonyl (C=O) groups is 1. The Morgan fingerprint density at radius 1 is 1.00 bits per heavy atom. The van der Waals surface area contributed by atoms with Gasteiger partial charge in [-0.2, -0.15) is 0 Å². The van der Waals surface area contributed by atoms with E-state index < -0.39 is 0 Å². The van der Waals surface area contributed by atoms with Crippen LogP contribution in [0.5, 0.6) is 11.5 Å². The van der Waals surface area contributed by atoms with Gasteiger partial charge in [0.25, 0.3) is 0 Å². The van der Waals surface area contributed by atoms with E-state index in [-0.39, 0.29) is 12.5 Å². The zero-order valence-electron chi connectivity index (χ0n) is 11.6. The molecule has 0 fully saturated rings. The molecule has 4 heteroatoms. The average molecular weight is 271 g/mol. The van der Waals surface area contributed by atoms with Crippen molar-refractivity contribution in [1.29, 1.82) is 0 Å². The van der Waals surface area contributed by atoms with Crippen LogP contribution in [-0.2, 0) is 4.79 Å². The highest BCUT2D eigenvalue weighted by Crippen LogP contribution is 2.15. The van der Waals surface area contributed by atoms with Crippen LogP contribution in [0.3, 0.4) is 0 Å². The monoisotopic (exact) mass is 271 g/mol. The SMILES string of the molecule is COc1ccc(NCC(=O)Oc2ccc(C)cc2)cc1. The van der Waals surface area contributed by atoms with Crippen LogP contribution >= 0.6 is 0 Å². The molecule has 0 aliphatic rings. The Balaban J connectivity index is 1.83. The standard InChI is InChI=1S/C16H17NO3/c1-12-3-7-15(8-4-12)20-16(18)11-17-13-5-9-14(19-2)10-6-13/h3-10,17H,11H2,1-2H3. The summed E-state index contributed by atoms with van der Waals surface area (Å²) < 4.78 is 10.3. The van der Waals surface area contributed by atoms with Crippen LogP contribution in [-0.4, -0.2) is 19.6 Å². The molecule has 0 aliphatic carbocycles. The first-order valence-corrected chi connectivity index (χ1v) is 6.32. The van der Waals surface area contributed by atoms with Crippen molar-refractivity contribution in [3.8, 4) is 11.5 Å². The molecule has 4 nitrogen and oxygen atoms in total. The van der Waals surface area contributed by atoms with Gasteiger partial charge in [-0.05, 0) is 43.3 Å². The van der Waals surface area contributed by atoms with Crippen LogP contribution in [0.4, 0.5) is 5.69 Å². The molecule has 0 amide bonds. The van der Waals surface area contributed by atoms with Gasteiger partial charge in [0.2, 0.25) is 0 Å². The predicted molar refractivity (Wildman–Crippen MR) is 78.3 cm³/mol. The summed E-state index contributed by atoms with van der Waals surface area (Å²) >= 11 is 0. The van der Waals surface area contributed by atoms with Gasteiger partial charge in [-0.15, -0.1) is 0 Å². The second-order valence-electron chi connectivity index (χ2n) is 4.37. The number of esters is 1. The molecule has 104 valence electrons. The predicted octanol–water partition coefficient (Wildman–Crippen LogP) is 3.02. The molecule has 0 atom stereocenters. The number of methoxy groups -OCH3 is 1. The summed E-state index contributed by atoms with van der Waals surface area (Å²) in [5.41, 5.74) is 1.97. The van der Waals surface area contributed by atoms with E-state index in [1.54, 1.807) is 19.2 Å². The third kappa shape index (κ3) is 4.02. The van der Waals surface area contributed by atoms with Crippen molar-refractivity contribution in [2.75, 3.05) is 19.0 Å². The number of nitrogens with one attached hydrogen (secondary N) is 1. The maximum atomic E-state index is 11.7. The van der Waals surface area contributed by atoms with Crippen LogP contribution in [0.1, 0.15) is 5.56 Å². The summed E-state index contributed by atoms with van der Waals surface area (Å²) in [5.74, 6) is 1.000. The number of hydrogen-bond donors (Lipinski definition) is 1. The third-order valence-electron chi connectivity index (χ3n) is 2.78. The summed E-state index contributed by atoms with van der Waals surface area (Å²) in [5, 5.41) is 3.00. The van der Waals surface area contributed by atoms with Crippen molar-refractivity contribution < 1.29 is 14.3 Å². The Labute approximate surface area is 118 Å². The molecule has 2 rings (SSSR count). The Bertz CT molecular complexity index is 561. The van der Waals surface area contributed by atoms with Gasteiger partial charge < -0.3 is 14.8 Å². The van der Waals surface area contributed by atoms with Gasteiger partial charge in [-0.25, -0.2) is 4.79 Å². The minimum Gasteiger partial charge on any atom is -0.497 e. The molecule has 0 bridgehead atoms. The van der Waals surface area contributed by atoms with Crippen molar-refractivity contribution in [2.45, 2.75) is 6.92 Å². The number of hydrogen-bond acceptors (Lipinski definition) is 4. The molecule has 0 spiro atoms. The van der Waals surface area contributed by atoms with E-state index in [2.05, 4.69) is 5.32 Å². The fourth-order valence-electron chi connectivity index (χ4n) is 1.66. The molecule has 0 aliphatic heterocycles. The van der Waals surface area contributed by atoms with Gasteiger partial charge in [-0.1, -0.05) is 17.7 Å². The number of aryl methyl sites for hydroxylation is 1. The van der Waals surface area contributed by atoms with E-state index in [0.29, 0.717) is 5.75 Å². The molecule has 1 N–H and O–H groups in total. The summed E-state index contributed by atoms with van der Waals surface area (Å²) in [6, 6.07) is 14.7. The van der Waals surface area contributed by atoms with Gasteiger partial charge in [0.05, 0.1) is 7.11 Å². The van der Waals surface area contributed by atoms with Gasteiger partial charge in [0, 0.05) is 5.69 Å². The van der Waals surface area contributed by atoms with E-state index in [9.17, 15) is 4.79 Å². The zero-order chi connectivity index (χ0) is 14.4. The number of carbonyl (C=O) groups excluding carboxylic acids is 1. The zero-order valence-corrected chi connectivity index (χ0v) is 11.6. The van der Waals surface area contributed by atoms with Crippen molar-refractivity contribution in [1.82, 2.24) is 0 Å². The highest BCUT2D eigenvalue weighted by molar-refractivity contribution is 5.77. The maximum Gasteiger partial charge on any atom is 0.330 e. The number of anilines is 1. The Morgan fingerprint density at radius 3 is 2.20 bits per heavy atom. The van der Waals surface area contributed by atoms with E-state index in [4.69, 9.17) is 9.47 Å². The van der Waals surface area contributed by atoms with Crippen LogP contribution < -0.4 is 14.8 Å². The summed E-state index contributed by atoms with van der Waals surface area (Å²) in [7, 11) is 1.61. The third-order valence-corrected chi connectivity index (χ3v) is 2.78. The molecule has 20 heavy (non-hydrogen) atoms. The average Bonchev–Trinajstić information content (AvgIpc) is 2.48. The molecule has 0 aromatic heterocycles. The Morgan fingerprint density at radius 2 is 1.60 bits per heavy atom.